The lowest BCUT2D eigenvalue weighted by atomic mass is 9.68. The maximum atomic E-state index is 12.7. The van der Waals surface area contributed by atoms with Gasteiger partial charge in [-0.15, -0.1) is 0 Å². The van der Waals surface area contributed by atoms with Gasteiger partial charge in [0.1, 0.15) is 23.1 Å². The first-order chi connectivity index (χ1) is 13.9. The average molecular weight is 416 g/mol. The summed E-state index contributed by atoms with van der Waals surface area (Å²) in [6.45, 7) is 8.11. The Morgan fingerprint density at radius 3 is 2.63 bits per heavy atom. The Morgan fingerprint density at radius 2 is 2.03 bits per heavy atom. The number of rotatable bonds is 6. The van der Waals surface area contributed by atoms with Crippen molar-refractivity contribution in [1.82, 2.24) is 0 Å². The predicted molar refractivity (Wildman–Crippen MR) is 108 cm³/mol. The highest BCUT2D eigenvalue weighted by atomic mass is 16.6. The van der Waals surface area contributed by atoms with Crippen LogP contribution in [0.1, 0.15) is 41.0 Å². The minimum atomic E-state index is -1.47. The van der Waals surface area contributed by atoms with E-state index in [1.807, 2.05) is 13.8 Å². The molecule has 0 spiro atoms. The van der Waals surface area contributed by atoms with Gasteiger partial charge in [0.25, 0.3) is 0 Å². The van der Waals surface area contributed by atoms with Crippen LogP contribution >= 0.6 is 0 Å². The number of hydrogen-bond acceptors (Lipinski definition) is 7. The first-order valence-electron chi connectivity index (χ1n) is 10.1. The molecular weight excluding hydrogens is 388 g/mol. The third-order valence-corrected chi connectivity index (χ3v) is 6.36. The molecule has 2 aliphatic heterocycles. The quantitative estimate of drug-likeness (QED) is 0.504. The number of carbonyl (C=O) groups is 3. The molecule has 1 aliphatic carbocycles. The van der Waals surface area contributed by atoms with Crippen LogP contribution in [0.2, 0.25) is 0 Å². The molecule has 2 N–H and O–H groups in total. The van der Waals surface area contributed by atoms with Crippen molar-refractivity contribution in [2.24, 2.45) is 17.8 Å². The van der Waals surface area contributed by atoms with Crippen LogP contribution in [0.5, 0.6) is 0 Å². The molecule has 0 amide bonds. The zero-order valence-electron chi connectivity index (χ0n) is 17.8. The number of Topliss-reactive ketones (excluding diaryl/α,β-unsaturated/α-hetero) is 1. The van der Waals surface area contributed by atoms with Gasteiger partial charge in [0.05, 0.1) is 18.3 Å². The van der Waals surface area contributed by atoms with E-state index < -0.39 is 40.9 Å². The Bertz CT molecular complexity index is 905. The average Bonchev–Trinajstić information content (AvgIpc) is 2.97. The fourth-order valence-corrected chi connectivity index (χ4v) is 4.24. The van der Waals surface area contributed by atoms with Crippen molar-refractivity contribution in [3.63, 3.8) is 0 Å². The van der Waals surface area contributed by atoms with Gasteiger partial charge in [-0.05, 0) is 56.6 Å². The van der Waals surface area contributed by atoms with E-state index in [1.165, 1.54) is 45.3 Å². The van der Waals surface area contributed by atoms with Gasteiger partial charge in [-0.25, -0.2) is 0 Å². The van der Waals surface area contributed by atoms with Gasteiger partial charge in [0.15, 0.2) is 11.4 Å². The van der Waals surface area contributed by atoms with Crippen LogP contribution in [0.4, 0.5) is 0 Å². The summed E-state index contributed by atoms with van der Waals surface area (Å²) in [7, 11) is 0. The molecule has 0 aromatic carbocycles. The third kappa shape index (κ3) is 3.56. The second-order valence-corrected chi connectivity index (χ2v) is 8.69. The predicted octanol–water partition coefficient (Wildman–Crippen LogP) is 2.14. The first kappa shape index (κ1) is 22.2. The van der Waals surface area contributed by atoms with Gasteiger partial charge < -0.3 is 19.7 Å². The molecule has 0 aromatic heterocycles. The molecule has 3 rings (SSSR count). The summed E-state index contributed by atoms with van der Waals surface area (Å²) in [5.74, 6) is -3.03. The van der Waals surface area contributed by atoms with Crippen molar-refractivity contribution in [3.8, 4) is 0 Å². The van der Waals surface area contributed by atoms with Crippen molar-refractivity contribution >= 4 is 17.5 Å². The number of carbonyl (C=O) groups excluding carboxylic acids is 3. The lowest BCUT2D eigenvalue weighted by Crippen LogP contribution is -2.46. The molecule has 7 heteroatoms. The van der Waals surface area contributed by atoms with Gasteiger partial charge in [0, 0.05) is 5.57 Å². The van der Waals surface area contributed by atoms with E-state index in [0.717, 1.165) is 0 Å². The van der Waals surface area contributed by atoms with Crippen LogP contribution in [-0.2, 0) is 23.9 Å². The van der Waals surface area contributed by atoms with Crippen LogP contribution in [0.3, 0.4) is 0 Å². The molecule has 6 unspecified atom stereocenters. The summed E-state index contributed by atoms with van der Waals surface area (Å²) in [5.41, 5.74) is -1.83. The molecular formula is C23H28O7. The number of fused-ring (bicyclic) bond motifs is 3. The highest BCUT2D eigenvalue weighted by Gasteiger charge is 2.61. The number of ketones is 2. The van der Waals surface area contributed by atoms with Crippen LogP contribution in [0.25, 0.3) is 0 Å². The molecule has 2 heterocycles. The Hall–Kier alpha value is -2.51. The summed E-state index contributed by atoms with van der Waals surface area (Å²) < 4.78 is 11.0. The summed E-state index contributed by atoms with van der Waals surface area (Å²) in [6, 6.07) is 0. The summed E-state index contributed by atoms with van der Waals surface area (Å²) in [6.07, 6.45) is 7.13. The molecule has 1 saturated heterocycles. The van der Waals surface area contributed by atoms with E-state index in [0.29, 0.717) is 23.3 Å². The summed E-state index contributed by atoms with van der Waals surface area (Å²) in [4.78, 5) is 37.1. The second-order valence-electron chi connectivity index (χ2n) is 8.69. The normalized spacial score (nSPS) is 32.0. The number of allylic oxidation sites excluding steroid dienone is 3. The van der Waals surface area contributed by atoms with Crippen LogP contribution in [0, 0.1) is 17.8 Å². The van der Waals surface area contributed by atoms with Crippen LogP contribution < -0.4 is 0 Å². The van der Waals surface area contributed by atoms with E-state index in [-0.39, 0.29) is 11.7 Å². The van der Waals surface area contributed by atoms with Crippen LogP contribution in [0.15, 0.2) is 47.5 Å². The number of aliphatic hydroxyl groups is 2. The maximum absolute atomic E-state index is 12.7. The monoisotopic (exact) mass is 416 g/mol. The molecule has 0 saturated carbocycles. The molecule has 3 aliphatic rings. The topological polar surface area (TPSA) is 110 Å². The number of hydrogen-bond donors (Lipinski definition) is 2. The number of ether oxygens (including phenoxy) is 2. The molecule has 0 radical (unpaired) electrons. The van der Waals surface area contributed by atoms with Crippen molar-refractivity contribution in [1.29, 1.82) is 0 Å². The van der Waals surface area contributed by atoms with Crippen molar-refractivity contribution < 1.29 is 34.1 Å². The molecule has 7 nitrogen and oxygen atoms in total. The van der Waals surface area contributed by atoms with Gasteiger partial charge in [-0.1, -0.05) is 20.3 Å². The zero-order chi connectivity index (χ0) is 22.4. The summed E-state index contributed by atoms with van der Waals surface area (Å²) >= 11 is 0. The molecule has 0 bridgehead atoms. The smallest absolute Gasteiger partial charge is 0.318 e. The van der Waals surface area contributed by atoms with Crippen molar-refractivity contribution in [2.45, 2.75) is 58.3 Å². The Morgan fingerprint density at radius 1 is 1.37 bits per heavy atom. The maximum Gasteiger partial charge on any atom is 0.318 e. The lowest BCUT2D eigenvalue weighted by molar-refractivity contribution is -0.156. The standard InChI is InChI=1S/C23H28O7/c1-6-12(2)20(26)22(4,28)8-7-15-9-14-10-17(25)23(5)19(16(14)11-29-15)18(13(3)24)21(27)30-23/h7-12,18-20,26,28H,6H2,1-5H3. The van der Waals surface area contributed by atoms with E-state index in [1.54, 1.807) is 6.08 Å². The lowest BCUT2D eigenvalue weighted by Gasteiger charge is -2.35. The van der Waals surface area contributed by atoms with E-state index >= 15 is 0 Å². The van der Waals surface area contributed by atoms with Gasteiger partial charge >= 0.3 is 5.97 Å². The van der Waals surface area contributed by atoms with Crippen LogP contribution in [-0.4, -0.2) is 45.1 Å². The fourth-order valence-electron chi connectivity index (χ4n) is 4.24. The number of aliphatic hydroxyl groups excluding tert-OH is 1. The van der Waals surface area contributed by atoms with E-state index in [4.69, 9.17) is 9.47 Å². The third-order valence-electron chi connectivity index (χ3n) is 6.36. The summed E-state index contributed by atoms with van der Waals surface area (Å²) in [5, 5.41) is 20.9. The van der Waals surface area contributed by atoms with Gasteiger partial charge in [0.2, 0.25) is 0 Å². The van der Waals surface area contributed by atoms with Gasteiger partial charge in [-0.3, -0.25) is 14.4 Å². The second kappa shape index (κ2) is 7.63. The molecule has 6 atom stereocenters. The zero-order valence-corrected chi connectivity index (χ0v) is 17.8. The largest absolute Gasteiger partial charge is 0.465 e. The Kier molecular flexibility index (Phi) is 5.64. The highest BCUT2D eigenvalue weighted by molar-refractivity contribution is 6.09. The minimum absolute atomic E-state index is 0.0998. The molecule has 0 aromatic rings. The first-order valence-corrected chi connectivity index (χ1v) is 10.1. The molecule has 1 fully saturated rings. The van der Waals surface area contributed by atoms with Crippen molar-refractivity contribution in [3.05, 3.63) is 47.5 Å². The fraction of sp³-hybridized carbons (Fsp3) is 0.522. The Balaban J connectivity index is 1.90. The van der Waals surface area contributed by atoms with E-state index in [9.17, 15) is 24.6 Å². The molecule has 30 heavy (non-hydrogen) atoms. The van der Waals surface area contributed by atoms with E-state index in [2.05, 4.69) is 0 Å². The SMILES string of the molecule is CCC(C)C(O)C(C)(O)C=CC1=CC2=CC(=O)C3(C)OC(=O)C(C(C)=O)C3C2=CO1. The molecule has 162 valence electrons. The highest BCUT2D eigenvalue weighted by Crippen LogP contribution is 2.49. The van der Waals surface area contributed by atoms with Crippen molar-refractivity contribution in [2.75, 3.05) is 0 Å². The van der Waals surface area contributed by atoms with Gasteiger partial charge in [-0.2, -0.15) is 0 Å². The number of esters is 1. The Labute approximate surface area is 175 Å². The minimum Gasteiger partial charge on any atom is -0.465 e.